The second-order valence-corrected chi connectivity index (χ2v) is 3.72. The third kappa shape index (κ3) is 8.15. The maximum Gasteiger partial charge on any atom is 0.0558 e. The Bertz CT molecular complexity index is 83.6. The van der Waals surface area contributed by atoms with Gasteiger partial charge in [-0.15, -0.1) is 11.6 Å². The predicted molar refractivity (Wildman–Crippen MR) is 50.2 cm³/mol. The molecule has 0 saturated heterocycles. The molecule has 11 heavy (non-hydrogen) atoms. The molecule has 0 aromatic heterocycles. The highest BCUT2D eigenvalue weighted by Crippen LogP contribution is 2.03. The molecule has 0 aliphatic heterocycles. The minimum Gasteiger partial charge on any atom is -0.378 e. The number of alkyl halides is 1. The van der Waals surface area contributed by atoms with Crippen LogP contribution in [0.2, 0.25) is 0 Å². The summed E-state index contributed by atoms with van der Waals surface area (Å²) in [6.07, 6.45) is 2.43. The van der Waals surface area contributed by atoms with E-state index in [-0.39, 0.29) is 0 Å². The van der Waals surface area contributed by atoms with Crippen LogP contribution in [0.15, 0.2) is 0 Å². The lowest BCUT2D eigenvalue weighted by molar-refractivity contribution is 0.0571. The topological polar surface area (TPSA) is 9.23 Å². The molecule has 1 nitrogen and oxygen atoms in total. The average Bonchev–Trinajstić information content (AvgIpc) is 1.87. The Balaban J connectivity index is 3.10. The van der Waals surface area contributed by atoms with Crippen LogP contribution >= 0.6 is 11.6 Å². The smallest absolute Gasteiger partial charge is 0.0558 e. The van der Waals surface area contributed by atoms with Gasteiger partial charge in [0.05, 0.1) is 6.10 Å². The minimum absolute atomic E-state index is 0.325. The Kier molecular flexibility index (Phi) is 7.09. The van der Waals surface area contributed by atoms with Gasteiger partial charge >= 0.3 is 0 Å². The molecule has 1 unspecified atom stereocenters. The first kappa shape index (κ1) is 11.2. The molecule has 0 rings (SSSR count). The Morgan fingerprint density at radius 3 is 2.27 bits per heavy atom. The van der Waals surface area contributed by atoms with E-state index in [1.54, 1.807) is 0 Å². The fourth-order valence-corrected chi connectivity index (χ4v) is 1.05. The Hall–Kier alpha value is 0.250. The van der Waals surface area contributed by atoms with Crippen LogP contribution in [0.1, 0.15) is 33.6 Å². The van der Waals surface area contributed by atoms with Gasteiger partial charge < -0.3 is 4.74 Å². The van der Waals surface area contributed by atoms with Crippen LogP contribution in [0.25, 0.3) is 0 Å². The summed E-state index contributed by atoms with van der Waals surface area (Å²) >= 11 is 5.56. The third-order valence-electron chi connectivity index (χ3n) is 1.61. The number of ether oxygens (including phenoxy) is 1. The number of hydrogen-bond donors (Lipinski definition) is 0. The van der Waals surface area contributed by atoms with Crippen molar-refractivity contribution in [2.45, 2.75) is 39.7 Å². The van der Waals surface area contributed by atoms with E-state index in [4.69, 9.17) is 16.3 Å². The summed E-state index contributed by atoms with van der Waals surface area (Å²) in [5, 5.41) is 0. The molecule has 1 atom stereocenters. The quantitative estimate of drug-likeness (QED) is 0.568. The summed E-state index contributed by atoms with van der Waals surface area (Å²) < 4.78 is 5.51. The van der Waals surface area contributed by atoms with Crippen molar-refractivity contribution in [2.75, 3.05) is 12.5 Å². The fourth-order valence-electron chi connectivity index (χ4n) is 0.742. The summed E-state index contributed by atoms with van der Waals surface area (Å²) in [6.45, 7) is 7.35. The molecule has 0 N–H and O–H groups in total. The largest absolute Gasteiger partial charge is 0.378 e. The Labute approximate surface area is 75.1 Å². The molecule has 0 bridgehead atoms. The van der Waals surface area contributed by atoms with E-state index < -0.39 is 0 Å². The van der Waals surface area contributed by atoms with Gasteiger partial charge in [-0.1, -0.05) is 13.8 Å². The van der Waals surface area contributed by atoms with E-state index in [0.717, 1.165) is 25.4 Å². The van der Waals surface area contributed by atoms with Crippen LogP contribution in [0.5, 0.6) is 0 Å². The molecule has 0 radical (unpaired) electrons. The molecule has 0 fully saturated rings. The highest BCUT2D eigenvalue weighted by molar-refractivity contribution is 6.17. The van der Waals surface area contributed by atoms with Gasteiger partial charge in [0, 0.05) is 12.5 Å². The zero-order valence-corrected chi connectivity index (χ0v) is 8.53. The molecule has 0 aromatic carbocycles. The number of rotatable bonds is 6. The molecule has 0 aromatic rings. The highest BCUT2D eigenvalue weighted by atomic mass is 35.5. The zero-order chi connectivity index (χ0) is 8.69. The third-order valence-corrected chi connectivity index (χ3v) is 1.83. The minimum atomic E-state index is 0.325. The molecular formula is C9H19ClO. The van der Waals surface area contributed by atoms with Gasteiger partial charge in [0.2, 0.25) is 0 Å². The van der Waals surface area contributed by atoms with Crippen molar-refractivity contribution >= 4 is 11.6 Å². The lowest BCUT2D eigenvalue weighted by atomic mass is 10.1. The van der Waals surface area contributed by atoms with Crippen LogP contribution in [-0.2, 0) is 4.74 Å². The summed E-state index contributed by atoms with van der Waals surface area (Å²) in [7, 11) is 0. The normalized spacial score (nSPS) is 13.9. The lowest BCUT2D eigenvalue weighted by Gasteiger charge is -2.12. The van der Waals surface area contributed by atoms with Crippen molar-refractivity contribution in [2.24, 2.45) is 5.92 Å². The zero-order valence-electron chi connectivity index (χ0n) is 7.77. The van der Waals surface area contributed by atoms with Crippen molar-refractivity contribution in [3.63, 3.8) is 0 Å². The van der Waals surface area contributed by atoms with E-state index in [1.165, 1.54) is 0 Å². The van der Waals surface area contributed by atoms with Crippen molar-refractivity contribution < 1.29 is 4.74 Å². The van der Waals surface area contributed by atoms with Crippen LogP contribution in [0, 0.1) is 5.92 Å². The van der Waals surface area contributed by atoms with Crippen LogP contribution < -0.4 is 0 Å². The maximum atomic E-state index is 5.56. The fraction of sp³-hybridized carbons (Fsp3) is 1.00. The van der Waals surface area contributed by atoms with Gasteiger partial charge in [0.1, 0.15) is 0 Å². The van der Waals surface area contributed by atoms with E-state index in [9.17, 15) is 0 Å². The van der Waals surface area contributed by atoms with Gasteiger partial charge in [-0.05, 0) is 25.7 Å². The second-order valence-electron chi connectivity index (χ2n) is 3.34. The molecule has 0 aliphatic rings. The van der Waals surface area contributed by atoms with Crippen LogP contribution in [0.3, 0.4) is 0 Å². The van der Waals surface area contributed by atoms with Gasteiger partial charge in [-0.3, -0.25) is 0 Å². The molecule has 68 valence electrons. The van der Waals surface area contributed by atoms with E-state index in [2.05, 4.69) is 20.8 Å². The first-order valence-corrected chi connectivity index (χ1v) is 4.87. The van der Waals surface area contributed by atoms with E-state index in [0.29, 0.717) is 12.0 Å². The van der Waals surface area contributed by atoms with Gasteiger partial charge in [0.15, 0.2) is 0 Å². The van der Waals surface area contributed by atoms with Gasteiger partial charge in [-0.2, -0.15) is 0 Å². The molecule has 0 saturated carbocycles. The Morgan fingerprint density at radius 2 is 1.82 bits per heavy atom. The van der Waals surface area contributed by atoms with Crippen molar-refractivity contribution in [1.82, 2.24) is 0 Å². The summed E-state index contributed by atoms with van der Waals surface area (Å²) in [4.78, 5) is 0. The standard InChI is InChI=1S/C9H19ClO/c1-8(2)5-7-11-9(3)4-6-10/h8-9H,4-7H2,1-3H3. The van der Waals surface area contributed by atoms with Crippen molar-refractivity contribution in [3.05, 3.63) is 0 Å². The van der Waals surface area contributed by atoms with Crippen molar-refractivity contribution in [3.8, 4) is 0 Å². The number of halogens is 1. The molecule has 0 aliphatic carbocycles. The number of hydrogen-bond acceptors (Lipinski definition) is 1. The maximum absolute atomic E-state index is 5.56. The van der Waals surface area contributed by atoms with E-state index >= 15 is 0 Å². The van der Waals surface area contributed by atoms with Gasteiger partial charge in [-0.25, -0.2) is 0 Å². The van der Waals surface area contributed by atoms with Crippen LogP contribution in [-0.4, -0.2) is 18.6 Å². The molecule has 0 amide bonds. The lowest BCUT2D eigenvalue weighted by Crippen LogP contribution is -2.10. The Morgan fingerprint density at radius 1 is 1.18 bits per heavy atom. The SMILES string of the molecule is CC(C)CCOC(C)CCCl. The second kappa shape index (κ2) is 6.93. The molecular weight excluding hydrogens is 160 g/mol. The first-order chi connectivity index (χ1) is 5.16. The molecule has 0 heterocycles. The van der Waals surface area contributed by atoms with Gasteiger partial charge in [0.25, 0.3) is 0 Å². The molecule has 0 spiro atoms. The first-order valence-electron chi connectivity index (χ1n) is 4.34. The average molecular weight is 179 g/mol. The predicted octanol–water partition coefficient (Wildman–Crippen LogP) is 3.07. The van der Waals surface area contributed by atoms with Crippen LogP contribution in [0.4, 0.5) is 0 Å². The monoisotopic (exact) mass is 178 g/mol. The van der Waals surface area contributed by atoms with Crippen molar-refractivity contribution in [1.29, 1.82) is 0 Å². The molecule has 2 heteroatoms. The summed E-state index contributed by atoms with van der Waals surface area (Å²) in [6, 6.07) is 0. The highest BCUT2D eigenvalue weighted by Gasteiger charge is 2.00. The van der Waals surface area contributed by atoms with E-state index in [1.807, 2.05) is 0 Å². The summed E-state index contributed by atoms with van der Waals surface area (Å²) in [5.74, 6) is 1.43. The summed E-state index contributed by atoms with van der Waals surface area (Å²) in [5.41, 5.74) is 0.